The number of hydrogen-bond acceptors (Lipinski definition) is 4. The number of halogens is 3. The van der Waals surface area contributed by atoms with E-state index in [9.17, 15) is 22.8 Å². The predicted molar refractivity (Wildman–Crippen MR) is 92.1 cm³/mol. The largest absolute Gasteiger partial charge is 0.406 e. The first kappa shape index (κ1) is 19.6. The number of pyridine rings is 1. The third-order valence-corrected chi connectivity index (χ3v) is 5.05. The number of carbonyl (C=O) groups is 2. The van der Waals surface area contributed by atoms with Gasteiger partial charge in [0, 0.05) is 38.9 Å². The Hall–Kier alpha value is -2.16. The molecule has 1 aromatic rings. The summed E-state index contributed by atoms with van der Waals surface area (Å²) >= 11 is 0. The molecule has 0 unspecified atom stereocenters. The maximum atomic E-state index is 12.7. The van der Waals surface area contributed by atoms with Gasteiger partial charge >= 0.3 is 6.18 Å². The molecule has 6 nitrogen and oxygen atoms in total. The van der Waals surface area contributed by atoms with Crippen LogP contribution in [0.5, 0.6) is 0 Å². The normalized spacial score (nSPS) is 22.2. The molecule has 0 spiro atoms. The number of carbonyl (C=O) groups excluding carboxylic acids is 2. The smallest absolute Gasteiger partial charge is 0.335 e. The number of piperidine rings is 1. The molecule has 2 aliphatic rings. The highest BCUT2D eigenvalue weighted by Gasteiger charge is 2.40. The lowest BCUT2D eigenvalue weighted by molar-refractivity contribution is -0.168. The lowest BCUT2D eigenvalue weighted by atomic mass is 10.0. The summed E-state index contributed by atoms with van der Waals surface area (Å²) < 4.78 is 38.0. The Morgan fingerprint density at radius 2 is 1.89 bits per heavy atom. The standard InChI is InChI=1S/C18H23F3N4O2/c1-13-4-5-14(22-11-13)16(26)24-9-7-23(8-10-24)15-3-2-6-25(17(15)27)12-18(19,20)21/h4-5,11,15H,2-3,6-10,12H2,1H3/t15-/m1/s1. The molecule has 0 aliphatic carbocycles. The molecule has 27 heavy (non-hydrogen) atoms. The molecule has 3 rings (SSSR count). The summed E-state index contributed by atoms with van der Waals surface area (Å²) in [4.78, 5) is 33.6. The Morgan fingerprint density at radius 3 is 2.48 bits per heavy atom. The van der Waals surface area contributed by atoms with Crippen LogP contribution in [0.4, 0.5) is 13.2 Å². The van der Waals surface area contributed by atoms with Crippen LogP contribution in [-0.2, 0) is 4.79 Å². The van der Waals surface area contributed by atoms with Gasteiger partial charge in [0.05, 0.1) is 6.04 Å². The Balaban J connectivity index is 1.57. The van der Waals surface area contributed by atoms with E-state index >= 15 is 0 Å². The number of aromatic nitrogens is 1. The van der Waals surface area contributed by atoms with E-state index < -0.39 is 24.7 Å². The molecule has 2 fully saturated rings. The minimum absolute atomic E-state index is 0.145. The van der Waals surface area contributed by atoms with Gasteiger partial charge in [-0.2, -0.15) is 13.2 Å². The van der Waals surface area contributed by atoms with Crippen LogP contribution < -0.4 is 0 Å². The number of amides is 2. The van der Waals surface area contributed by atoms with Crippen molar-refractivity contribution in [2.24, 2.45) is 0 Å². The van der Waals surface area contributed by atoms with Gasteiger partial charge in [-0.1, -0.05) is 6.07 Å². The third-order valence-electron chi connectivity index (χ3n) is 5.05. The zero-order chi connectivity index (χ0) is 19.6. The molecule has 2 saturated heterocycles. The number of alkyl halides is 3. The fourth-order valence-corrected chi connectivity index (χ4v) is 3.63. The highest BCUT2D eigenvalue weighted by atomic mass is 19.4. The molecule has 2 aliphatic heterocycles. The molecule has 0 N–H and O–H groups in total. The van der Waals surface area contributed by atoms with Crippen LogP contribution in [0.1, 0.15) is 28.9 Å². The van der Waals surface area contributed by atoms with Crippen molar-refractivity contribution in [3.05, 3.63) is 29.6 Å². The van der Waals surface area contributed by atoms with E-state index in [2.05, 4.69) is 4.98 Å². The molecule has 9 heteroatoms. The van der Waals surface area contributed by atoms with Gasteiger partial charge in [-0.05, 0) is 31.4 Å². The zero-order valence-corrected chi connectivity index (χ0v) is 15.2. The van der Waals surface area contributed by atoms with Crippen LogP contribution >= 0.6 is 0 Å². The van der Waals surface area contributed by atoms with Crippen LogP contribution in [-0.4, -0.2) is 83.0 Å². The molecule has 0 radical (unpaired) electrons. The lowest BCUT2D eigenvalue weighted by Gasteiger charge is -2.42. The van der Waals surface area contributed by atoms with E-state index in [1.54, 1.807) is 17.2 Å². The van der Waals surface area contributed by atoms with Crippen molar-refractivity contribution >= 4 is 11.8 Å². The van der Waals surface area contributed by atoms with Gasteiger partial charge in [0.25, 0.3) is 5.91 Å². The number of piperazine rings is 1. The molecule has 0 aromatic carbocycles. The van der Waals surface area contributed by atoms with E-state index in [1.807, 2.05) is 17.9 Å². The summed E-state index contributed by atoms with van der Waals surface area (Å²) in [5.74, 6) is -0.623. The number of likely N-dealkylation sites (tertiary alicyclic amines) is 1. The van der Waals surface area contributed by atoms with Crippen LogP contribution in [0.3, 0.4) is 0 Å². The fourth-order valence-electron chi connectivity index (χ4n) is 3.63. The predicted octanol–water partition coefficient (Wildman–Crippen LogP) is 1.70. The summed E-state index contributed by atoms with van der Waals surface area (Å²) in [6, 6.07) is 2.98. The molecule has 0 bridgehead atoms. The average molecular weight is 384 g/mol. The second kappa shape index (κ2) is 7.84. The van der Waals surface area contributed by atoms with Crippen LogP contribution in [0.25, 0.3) is 0 Å². The first-order valence-corrected chi connectivity index (χ1v) is 9.06. The second-order valence-electron chi connectivity index (χ2n) is 7.08. The molecule has 2 amide bonds. The molecule has 1 atom stereocenters. The van der Waals surface area contributed by atoms with Gasteiger partial charge < -0.3 is 9.80 Å². The van der Waals surface area contributed by atoms with Crippen molar-refractivity contribution < 1.29 is 22.8 Å². The molecule has 3 heterocycles. The summed E-state index contributed by atoms with van der Waals surface area (Å²) in [5.41, 5.74) is 1.34. The van der Waals surface area contributed by atoms with Gasteiger partial charge in [-0.15, -0.1) is 0 Å². The Morgan fingerprint density at radius 1 is 1.19 bits per heavy atom. The number of rotatable bonds is 3. The van der Waals surface area contributed by atoms with E-state index in [-0.39, 0.29) is 12.5 Å². The Labute approximate surface area is 155 Å². The van der Waals surface area contributed by atoms with Crippen LogP contribution in [0, 0.1) is 6.92 Å². The van der Waals surface area contributed by atoms with Crippen molar-refractivity contribution in [3.8, 4) is 0 Å². The first-order valence-electron chi connectivity index (χ1n) is 9.06. The van der Waals surface area contributed by atoms with Crippen molar-refractivity contribution in [1.82, 2.24) is 19.7 Å². The zero-order valence-electron chi connectivity index (χ0n) is 15.2. The summed E-state index contributed by atoms with van der Waals surface area (Å²) in [6.45, 7) is 2.63. The monoisotopic (exact) mass is 384 g/mol. The summed E-state index contributed by atoms with van der Waals surface area (Å²) in [7, 11) is 0. The molecule has 0 saturated carbocycles. The maximum Gasteiger partial charge on any atom is 0.406 e. The van der Waals surface area contributed by atoms with E-state index in [1.165, 1.54) is 0 Å². The SMILES string of the molecule is Cc1ccc(C(=O)N2CCN([C@@H]3CCCN(CC(F)(F)F)C3=O)CC2)nc1. The molecule has 1 aromatic heterocycles. The molecule has 148 valence electrons. The third kappa shape index (κ3) is 4.77. The number of hydrogen-bond donors (Lipinski definition) is 0. The Bertz CT molecular complexity index is 685. The van der Waals surface area contributed by atoms with Gasteiger partial charge in [-0.25, -0.2) is 0 Å². The highest BCUT2D eigenvalue weighted by molar-refractivity contribution is 5.92. The minimum Gasteiger partial charge on any atom is -0.335 e. The van der Waals surface area contributed by atoms with Gasteiger partial charge in [-0.3, -0.25) is 19.5 Å². The van der Waals surface area contributed by atoms with E-state index in [0.29, 0.717) is 44.7 Å². The van der Waals surface area contributed by atoms with Crippen LogP contribution in [0.15, 0.2) is 18.3 Å². The quantitative estimate of drug-likeness (QED) is 0.796. The van der Waals surface area contributed by atoms with Gasteiger partial charge in [0.1, 0.15) is 12.2 Å². The number of nitrogens with zero attached hydrogens (tertiary/aromatic N) is 4. The molecular weight excluding hydrogens is 361 g/mol. The van der Waals surface area contributed by atoms with E-state index in [0.717, 1.165) is 10.5 Å². The van der Waals surface area contributed by atoms with Crippen molar-refractivity contribution in [3.63, 3.8) is 0 Å². The number of aryl methyl sites for hydroxylation is 1. The maximum absolute atomic E-state index is 12.7. The minimum atomic E-state index is -4.39. The second-order valence-corrected chi connectivity index (χ2v) is 7.08. The van der Waals surface area contributed by atoms with Crippen molar-refractivity contribution in [1.29, 1.82) is 0 Å². The first-order chi connectivity index (χ1) is 12.7. The highest BCUT2D eigenvalue weighted by Crippen LogP contribution is 2.24. The van der Waals surface area contributed by atoms with Crippen LogP contribution in [0.2, 0.25) is 0 Å². The van der Waals surface area contributed by atoms with Crippen molar-refractivity contribution in [2.45, 2.75) is 32.0 Å². The lowest BCUT2D eigenvalue weighted by Crippen LogP contribution is -2.59. The fraction of sp³-hybridized carbons (Fsp3) is 0.611. The summed E-state index contributed by atoms with van der Waals surface area (Å²) in [6.07, 6.45) is -1.64. The van der Waals surface area contributed by atoms with Crippen molar-refractivity contribution in [2.75, 3.05) is 39.3 Å². The Kier molecular flexibility index (Phi) is 5.69. The topological polar surface area (TPSA) is 56.8 Å². The summed E-state index contributed by atoms with van der Waals surface area (Å²) in [5, 5.41) is 0. The van der Waals surface area contributed by atoms with Gasteiger partial charge in [0.2, 0.25) is 5.91 Å². The average Bonchev–Trinajstić information content (AvgIpc) is 2.63. The van der Waals surface area contributed by atoms with E-state index in [4.69, 9.17) is 0 Å². The van der Waals surface area contributed by atoms with Gasteiger partial charge in [0.15, 0.2) is 0 Å². The molecular formula is C18H23F3N4O2.